The molecule has 1 aliphatic heterocycles. The predicted molar refractivity (Wildman–Crippen MR) is 115 cm³/mol. The second kappa shape index (κ2) is 8.30. The summed E-state index contributed by atoms with van der Waals surface area (Å²) >= 11 is 2.14. The summed E-state index contributed by atoms with van der Waals surface area (Å²) in [6.07, 6.45) is -0.575. The summed E-state index contributed by atoms with van der Waals surface area (Å²) in [5.41, 5.74) is 2.16. The Kier molecular flexibility index (Phi) is 6.21. The highest BCUT2D eigenvalue weighted by Gasteiger charge is 2.34. The first-order valence-electron chi connectivity index (χ1n) is 8.73. The van der Waals surface area contributed by atoms with Crippen molar-refractivity contribution in [1.29, 1.82) is 0 Å². The van der Waals surface area contributed by atoms with Gasteiger partial charge < -0.3 is 0 Å². The van der Waals surface area contributed by atoms with Gasteiger partial charge >= 0.3 is 10.1 Å². The van der Waals surface area contributed by atoms with Crippen molar-refractivity contribution in [2.75, 3.05) is 0 Å². The Morgan fingerprint density at radius 1 is 1.11 bits per heavy atom. The van der Waals surface area contributed by atoms with Crippen molar-refractivity contribution in [1.82, 2.24) is 5.06 Å². The minimum absolute atomic E-state index is 0.0220. The molecule has 0 saturated heterocycles. The topological polar surface area (TPSA) is 59.0 Å². The Morgan fingerprint density at radius 3 is 2.29 bits per heavy atom. The fraction of sp³-hybridized carbons (Fsp3) is 0.250. The molecular weight excluding hydrogens is 494 g/mol. The number of hydrogen-bond donors (Lipinski definition) is 0. The predicted octanol–water partition coefficient (Wildman–Crippen LogP) is 4.90. The third kappa shape index (κ3) is 4.28. The van der Waals surface area contributed by atoms with E-state index in [4.69, 9.17) is 4.28 Å². The summed E-state index contributed by atoms with van der Waals surface area (Å²) in [4.78, 5) is 4.70. The van der Waals surface area contributed by atoms with Crippen LogP contribution in [0.5, 0.6) is 0 Å². The minimum Gasteiger partial charge on any atom is -0.257 e. The molecule has 2 aromatic rings. The zero-order valence-corrected chi connectivity index (χ0v) is 18.6. The third-order valence-electron chi connectivity index (χ3n) is 4.20. The van der Waals surface area contributed by atoms with E-state index in [0.717, 1.165) is 9.14 Å². The van der Waals surface area contributed by atoms with Crippen molar-refractivity contribution >= 4 is 38.4 Å². The van der Waals surface area contributed by atoms with Crippen LogP contribution in [-0.2, 0) is 14.4 Å². The van der Waals surface area contributed by atoms with E-state index in [1.54, 1.807) is 37.3 Å². The summed E-state index contributed by atoms with van der Waals surface area (Å²) in [5, 5.41) is 1.35. The molecule has 1 heterocycles. The molecule has 0 aliphatic carbocycles. The molecule has 0 bridgehead atoms. The van der Waals surface area contributed by atoms with E-state index < -0.39 is 16.3 Å². The molecule has 0 spiro atoms. The number of benzene rings is 2. The molecule has 5 nitrogen and oxygen atoms in total. The van der Waals surface area contributed by atoms with Gasteiger partial charge in [-0.2, -0.15) is 8.42 Å². The van der Waals surface area contributed by atoms with Gasteiger partial charge in [-0.1, -0.05) is 32.0 Å². The smallest absolute Gasteiger partial charge is 0.257 e. The molecule has 2 aromatic carbocycles. The lowest BCUT2D eigenvalue weighted by Crippen LogP contribution is -2.40. The molecule has 0 fully saturated rings. The fourth-order valence-corrected chi connectivity index (χ4v) is 5.17. The molecule has 0 aromatic heterocycles. The van der Waals surface area contributed by atoms with E-state index in [1.165, 1.54) is 29.3 Å². The van der Waals surface area contributed by atoms with E-state index >= 15 is 0 Å². The van der Waals surface area contributed by atoms with E-state index in [2.05, 4.69) is 27.6 Å². The molecular formula is C20H20FIN2O3S. The van der Waals surface area contributed by atoms with Crippen molar-refractivity contribution in [3.8, 4) is 0 Å². The van der Waals surface area contributed by atoms with Crippen LogP contribution in [0.3, 0.4) is 0 Å². The highest BCUT2D eigenvalue weighted by atomic mass is 127. The first kappa shape index (κ1) is 20.9. The largest absolute Gasteiger partial charge is 0.317 e. The first-order chi connectivity index (χ1) is 13.2. The first-order valence-corrected chi connectivity index (χ1v) is 11.2. The summed E-state index contributed by atoms with van der Waals surface area (Å²) in [6, 6.07) is 14.1. The zero-order chi connectivity index (χ0) is 20.5. The zero-order valence-electron chi connectivity index (χ0n) is 15.6. The molecule has 0 radical (unpaired) electrons. The van der Waals surface area contributed by atoms with Crippen molar-refractivity contribution in [2.45, 2.75) is 31.8 Å². The lowest BCUT2D eigenvalue weighted by molar-refractivity contribution is -0.0559. The maximum absolute atomic E-state index is 13.3. The van der Waals surface area contributed by atoms with Crippen LogP contribution in [0.25, 0.3) is 0 Å². The SMILES string of the molecule is CC(C)C1=C(I)C(c2ccc(F)cc2)=NC(C)N1OS(=O)(=O)c1ccccc1. The molecule has 0 saturated carbocycles. The molecule has 0 amide bonds. The number of rotatable bonds is 5. The van der Waals surface area contributed by atoms with Crippen LogP contribution >= 0.6 is 22.6 Å². The lowest BCUT2D eigenvalue weighted by atomic mass is 10.0. The second-order valence-corrected chi connectivity index (χ2v) is 9.25. The van der Waals surface area contributed by atoms with Gasteiger partial charge in [0.25, 0.3) is 0 Å². The molecule has 0 N–H and O–H groups in total. The summed E-state index contributed by atoms with van der Waals surface area (Å²) in [7, 11) is -4.00. The van der Waals surface area contributed by atoms with Gasteiger partial charge in [0.1, 0.15) is 12.0 Å². The van der Waals surface area contributed by atoms with E-state index in [0.29, 0.717) is 11.4 Å². The Labute approximate surface area is 178 Å². The normalized spacial score (nSPS) is 17.9. The number of hydrogen-bond acceptors (Lipinski definition) is 5. The Bertz CT molecular complexity index is 1020. The quantitative estimate of drug-likeness (QED) is 0.533. The lowest BCUT2D eigenvalue weighted by Gasteiger charge is -2.35. The standard InChI is InChI=1S/C20H20FIN2O3S/c1-13(2)20-18(22)19(15-9-11-16(21)12-10-15)23-14(3)24(20)27-28(25,26)17-7-5-4-6-8-17/h4-14H,1-3H3. The van der Waals surface area contributed by atoms with Crippen LogP contribution in [0, 0.1) is 11.7 Å². The molecule has 1 unspecified atom stereocenters. The fourth-order valence-electron chi connectivity index (χ4n) is 2.87. The van der Waals surface area contributed by atoms with Gasteiger partial charge in [0.05, 0.1) is 19.9 Å². The average Bonchev–Trinajstić information content (AvgIpc) is 2.65. The third-order valence-corrected chi connectivity index (χ3v) is 6.47. The van der Waals surface area contributed by atoms with Gasteiger partial charge in [-0.15, -0.1) is 4.28 Å². The molecule has 148 valence electrons. The summed E-state index contributed by atoms with van der Waals surface area (Å²) in [6.45, 7) is 5.68. The van der Waals surface area contributed by atoms with Gasteiger partial charge in [-0.05, 0) is 71.8 Å². The molecule has 1 atom stereocenters. The second-order valence-electron chi connectivity index (χ2n) is 6.64. The molecule has 1 aliphatic rings. The van der Waals surface area contributed by atoms with Gasteiger partial charge in [0.15, 0.2) is 0 Å². The van der Waals surface area contributed by atoms with E-state index in [-0.39, 0.29) is 16.6 Å². The van der Waals surface area contributed by atoms with Crippen LogP contribution < -0.4 is 0 Å². The maximum Gasteiger partial charge on any atom is 0.317 e. The van der Waals surface area contributed by atoms with Crippen LogP contribution in [0.1, 0.15) is 26.3 Å². The summed E-state index contributed by atoms with van der Waals surface area (Å²) < 4.78 is 45.0. The van der Waals surface area contributed by atoms with Crippen molar-refractivity contribution in [3.05, 3.63) is 75.3 Å². The molecule has 8 heteroatoms. The Balaban J connectivity index is 2.01. The van der Waals surface area contributed by atoms with Gasteiger partial charge in [0, 0.05) is 5.56 Å². The molecule has 28 heavy (non-hydrogen) atoms. The van der Waals surface area contributed by atoms with Gasteiger partial charge in [0.2, 0.25) is 0 Å². The highest BCUT2D eigenvalue weighted by molar-refractivity contribution is 14.1. The number of allylic oxidation sites excluding steroid dienone is 2. The van der Waals surface area contributed by atoms with Crippen molar-refractivity contribution in [2.24, 2.45) is 10.9 Å². The Morgan fingerprint density at radius 2 is 1.71 bits per heavy atom. The van der Waals surface area contributed by atoms with Crippen LogP contribution in [0.2, 0.25) is 0 Å². The Hall–Kier alpha value is -1.78. The number of nitrogens with zero attached hydrogens (tertiary/aromatic N) is 2. The number of halogens is 2. The summed E-state index contributed by atoms with van der Waals surface area (Å²) in [5.74, 6) is -0.346. The van der Waals surface area contributed by atoms with E-state index in [9.17, 15) is 12.8 Å². The minimum atomic E-state index is -4.00. The van der Waals surface area contributed by atoms with Crippen LogP contribution in [0.15, 0.2) is 73.8 Å². The number of aliphatic imine (C=N–C) groups is 1. The van der Waals surface area contributed by atoms with Crippen LogP contribution in [0.4, 0.5) is 4.39 Å². The van der Waals surface area contributed by atoms with Crippen molar-refractivity contribution < 1.29 is 17.1 Å². The number of hydroxylamine groups is 2. The van der Waals surface area contributed by atoms with Gasteiger partial charge in [-0.25, -0.2) is 9.45 Å². The van der Waals surface area contributed by atoms with Gasteiger partial charge in [-0.3, -0.25) is 4.99 Å². The average molecular weight is 514 g/mol. The van der Waals surface area contributed by atoms with E-state index in [1.807, 2.05) is 13.8 Å². The van der Waals surface area contributed by atoms with Crippen LogP contribution in [-0.4, -0.2) is 25.4 Å². The monoisotopic (exact) mass is 514 g/mol. The maximum atomic E-state index is 13.3. The molecule has 3 rings (SSSR count). The highest BCUT2D eigenvalue weighted by Crippen LogP contribution is 2.35. The van der Waals surface area contributed by atoms with Crippen molar-refractivity contribution in [3.63, 3.8) is 0 Å².